The lowest BCUT2D eigenvalue weighted by Crippen LogP contribution is -2.00. The van der Waals surface area contributed by atoms with Crippen molar-refractivity contribution in [2.75, 3.05) is 0 Å². The molecule has 0 unspecified atom stereocenters. The monoisotopic (exact) mass is 339 g/mol. The summed E-state index contributed by atoms with van der Waals surface area (Å²) >= 11 is 13.1. The second-order valence-corrected chi connectivity index (χ2v) is 6.54. The molecule has 0 spiro atoms. The fourth-order valence-electron chi connectivity index (χ4n) is 2.22. The lowest BCUT2D eigenvalue weighted by Gasteiger charge is -2.00. The van der Waals surface area contributed by atoms with Crippen LogP contribution in [-0.4, -0.2) is 16.1 Å². The molecule has 0 saturated carbocycles. The summed E-state index contributed by atoms with van der Waals surface area (Å²) in [4.78, 5) is 27.4. The maximum atomic E-state index is 12.2. The number of aliphatic carboxylic acids is 1. The highest BCUT2D eigenvalue weighted by atomic mass is 35.5. The van der Waals surface area contributed by atoms with E-state index in [-0.39, 0.29) is 6.42 Å². The molecule has 106 valence electrons. The van der Waals surface area contributed by atoms with Crippen molar-refractivity contribution in [2.24, 2.45) is 0 Å². The molecule has 0 aliphatic rings. The molecule has 0 fully saturated rings. The minimum atomic E-state index is -0.990. The SMILES string of the molecule is O=C(O)Cc1c2ccc(Cl)cc2nc(=O)c2cc(Cl)sc12. The molecule has 0 aliphatic heterocycles. The van der Waals surface area contributed by atoms with Crippen molar-refractivity contribution in [3.8, 4) is 0 Å². The number of halogens is 2. The predicted octanol–water partition coefficient (Wildman–Crippen LogP) is 3.74. The molecular formula is C14H7Cl2NO3S. The molecule has 21 heavy (non-hydrogen) atoms. The van der Waals surface area contributed by atoms with Gasteiger partial charge in [0.25, 0.3) is 5.56 Å². The molecule has 7 heteroatoms. The summed E-state index contributed by atoms with van der Waals surface area (Å²) in [5.41, 5.74) is 0.455. The van der Waals surface area contributed by atoms with Crippen LogP contribution in [-0.2, 0) is 11.2 Å². The van der Waals surface area contributed by atoms with Crippen LogP contribution in [0.25, 0.3) is 21.0 Å². The fraction of sp³-hybridized carbons (Fsp3) is 0.0714. The van der Waals surface area contributed by atoms with E-state index in [4.69, 9.17) is 28.3 Å². The van der Waals surface area contributed by atoms with Gasteiger partial charge in [0.15, 0.2) is 0 Å². The molecule has 0 amide bonds. The molecule has 0 radical (unpaired) electrons. The highest BCUT2D eigenvalue weighted by molar-refractivity contribution is 7.22. The van der Waals surface area contributed by atoms with Crippen molar-refractivity contribution in [2.45, 2.75) is 6.42 Å². The van der Waals surface area contributed by atoms with E-state index in [0.717, 1.165) is 0 Å². The van der Waals surface area contributed by atoms with Gasteiger partial charge in [-0.05, 0) is 23.8 Å². The molecule has 2 aromatic heterocycles. The Bertz CT molecular complexity index is 952. The summed E-state index contributed by atoms with van der Waals surface area (Å²) in [5.74, 6) is -0.990. The quantitative estimate of drug-likeness (QED) is 0.772. The lowest BCUT2D eigenvalue weighted by atomic mass is 10.1. The zero-order valence-corrected chi connectivity index (χ0v) is 12.7. The zero-order valence-electron chi connectivity index (χ0n) is 10.4. The molecule has 1 aromatic carbocycles. The maximum absolute atomic E-state index is 12.2. The number of nitrogens with zero attached hydrogens (tertiary/aromatic N) is 1. The van der Waals surface area contributed by atoms with Crippen molar-refractivity contribution in [1.82, 2.24) is 4.98 Å². The van der Waals surface area contributed by atoms with Crippen LogP contribution < -0.4 is 5.56 Å². The summed E-state index contributed by atoms with van der Waals surface area (Å²) < 4.78 is 0.973. The molecule has 0 bridgehead atoms. The number of hydrogen-bond acceptors (Lipinski definition) is 4. The second kappa shape index (κ2) is 5.26. The van der Waals surface area contributed by atoms with Gasteiger partial charge in [0.1, 0.15) is 0 Å². The third kappa shape index (κ3) is 2.60. The molecule has 2 heterocycles. The minimum absolute atomic E-state index is 0.221. The van der Waals surface area contributed by atoms with Crippen LogP contribution in [0.5, 0.6) is 0 Å². The minimum Gasteiger partial charge on any atom is -0.481 e. The van der Waals surface area contributed by atoms with Crippen molar-refractivity contribution in [3.63, 3.8) is 0 Å². The van der Waals surface area contributed by atoms with Crippen LogP contribution in [0.4, 0.5) is 0 Å². The fourth-order valence-corrected chi connectivity index (χ4v) is 3.66. The normalized spacial score (nSPS) is 11.1. The topological polar surface area (TPSA) is 67.3 Å². The van der Waals surface area contributed by atoms with Gasteiger partial charge in [-0.15, -0.1) is 11.3 Å². The number of carbonyl (C=O) groups is 1. The molecule has 1 N–H and O–H groups in total. The van der Waals surface area contributed by atoms with Gasteiger partial charge in [-0.1, -0.05) is 29.3 Å². The molecule has 4 nitrogen and oxygen atoms in total. The summed E-state index contributed by atoms with van der Waals surface area (Å²) in [6, 6.07) is 6.38. The van der Waals surface area contributed by atoms with Gasteiger partial charge in [0.2, 0.25) is 0 Å². The Morgan fingerprint density at radius 2 is 2.00 bits per heavy atom. The number of fused-ring (bicyclic) bond motifs is 2. The maximum Gasteiger partial charge on any atom is 0.307 e. The van der Waals surface area contributed by atoms with Crippen molar-refractivity contribution >= 4 is 61.5 Å². The molecule has 3 aromatic rings. The Morgan fingerprint density at radius 3 is 2.71 bits per heavy atom. The van der Waals surface area contributed by atoms with Crippen LogP contribution in [0.3, 0.4) is 0 Å². The molecule has 0 atom stereocenters. The Morgan fingerprint density at radius 1 is 1.24 bits per heavy atom. The Balaban J connectivity index is 2.58. The number of rotatable bonds is 2. The van der Waals surface area contributed by atoms with E-state index in [1.165, 1.54) is 17.4 Å². The highest BCUT2D eigenvalue weighted by Gasteiger charge is 2.15. The molecule has 3 rings (SSSR count). The number of benzene rings is 1. The van der Waals surface area contributed by atoms with E-state index in [0.29, 0.717) is 35.9 Å². The average molecular weight is 340 g/mol. The van der Waals surface area contributed by atoms with Crippen LogP contribution in [0, 0.1) is 0 Å². The standard InChI is InChI=1S/C14H7Cl2NO3S/c15-6-1-2-7-8(5-12(18)19)13-9(4-11(16)21-13)14(20)17-10(7)3-6/h1-4H,5H2,(H,18,19). The summed E-state index contributed by atoms with van der Waals surface area (Å²) in [5, 5.41) is 10.5. The molecule has 0 saturated heterocycles. The van der Waals surface area contributed by atoms with E-state index in [1.807, 2.05) is 0 Å². The van der Waals surface area contributed by atoms with Crippen molar-refractivity contribution in [1.29, 1.82) is 0 Å². The Labute approximate surface area is 132 Å². The number of hydrogen-bond donors (Lipinski definition) is 1. The third-order valence-electron chi connectivity index (χ3n) is 3.04. The van der Waals surface area contributed by atoms with E-state index in [2.05, 4.69) is 4.98 Å². The number of aromatic nitrogens is 1. The summed E-state index contributed by atoms with van der Waals surface area (Å²) in [7, 11) is 0. The van der Waals surface area contributed by atoms with Gasteiger partial charge >= 0.3 is 5.97 Å². The van der Waals surface area contributed by atoms with Gasteiger partial charge in [-0.3, -0.25) is 9.59 Å². The number of carboxylic acids is 1. The van der Waals surface area contributed by atoms with Gasteiger partial charge in [0.05, 0.1) is 21.7 Å². The molecular weight excluding hydrogens is 333 g/mol. The Hall–Kier alpha value is -1.69. The number of carboxylic acid groups (broad SMARTS) is 1. The van der Waals surface area contributed by atoms with Crippen molar-refractivity contribution in [3.05, 3.63) is 49.5 Å². The highest BCUT2D eigenvalue weighted by Crippen LogP contribution is 2.33. The van der Waals surface area contributed by atoms with E-state index in [9.17, 15) is 9.59 Å². The van der Waals surface area contributed by atoms with Gasteiger partial charge in [-0.25, -0.2) is 4.98 Å². The second-order valence-electron chi connectivity index (χ2n) is 4.42. The van der Waals surface area contributed by atoms with Gasteiger partial charge < -0.3 is 5.11 Å². The summed E-state index contributed by atoms with van der Waals surface area (Å²) in [6.07, 6.45) is -0.221. The first-order chi connectivity index (χ1) is 9.95. The average Bonchev–Trinajstić information content (AvgIpc) is 2.74. The van der Waals surface area contributed by atoms with Gasteiger partial charge in [0, 0.05) is 15.1 Å². The van der Waals surface area contributed by atoms with Crippen LogP contribution in [0.2, 0.25) is 9.36 Å². The largest absolute Gasteiger partial charge is 0.481 e. The summed E-state index contributed by atoms with van der Waals surface area (Å²) in [6.45, 7) is 0. The first-order valence-electron chi connectivity index (χ1n) is 5.89. The number of thiophene rings is 1. The van der Waals surface area contributed by atoms with Crippen LogP contribution in [0.15, 0.2) is 29.1 Å². The van der Waals surface area contributed by atoms with Crippen molar-refractivity contribution < 1.29 is 9.90 Å². The van der Waals surface area contributed by atoms with E-state index >= 15 is 0 Å². The zero-order chi connectivity index (χ0) is 15.1. The van der Waals surface area contributed by atoms with E-state index < -0.39 is 11.5 Å². The first kappa shape index (κ1) is 14.3. The smallest absolute Gasteiger partial charge is 0.307 e. The van der Waals surface area contributed by atoms with Crippen LogP contribution in [0.1, 0.15) is 5.56 Å². The third-order valence-corrected chi connectivity index (χ3v) is 4.60. The van der Waals surface area contributed by atoms with Gasteiger partial charge in [-0.2, -0.15) is 0 Å². The predicted molar refractivity (Wildman–Crippen MR) is 84.8 cm³/mol. The molecule has 0 aliphatic carbocycles. The lowest BCUT2D eigenvalue weighted by molar-refractivity contribution is -0.136. The van der Waals surface area contributed by atoms with E-state index in [1.54, 1.807) is 18.2 Å². The first-order valence-corrected chi connectivity index (χ1v) is 7.46. The van der Waals surface area contributed by atoms with Crippen LogP contribution >= 0.6 is 34.5 Å². The Kier molecular flexibility index (Phi) is 3.57.